The molecule has 11 nitrogen and oxygen atoms in total. The van der Waals surface area contributed by atoms with Crippen LogP contribution in [0, 0.1) is 11.8 Å². The van der Waals surface area contributed by atoms with Crippen molar-refractivity contribution in [3.05, 3.63) is 41.3 Å². The first-order valence-corrected chi connectivity index (χ1v) is 13.6. The van der Waals surface area contributed by atoms with E-state index in [0.29, 0.717) is 46.5 Å². The molecule has 0 radical (unpaired) electrons. The first kappa shape index (κ1) is 26.0. The van der Waals surface area contributed by atoms with E-state index >= 15 is 0 Å². The van der Waals surface area contributed by atoms with Crippen molar-refractivity contribution in [3.8, 4) is 23.4 Å². The van der Waals surface area contributed by atoms with Gasteiger partial charge in [-0.25, -0.2) is 24.3 Å². The highest BCUT2D eigenvalue weighted by Gasteiger charge is 2.28. The van der Waals surface area contributed by atoms with Crippen LogP contribution in [0.4, 0.5) is 5.82 Å². The Kier molecular flexibility index (Phi) is 8.07. The summed E-state index contributed by atoms with van der Waals surface area (Å²) in [7, 11) is 0. The fraction of sp³-hybridized carbons (Fsp3) is 0.423. The maximum absolute atomic E-state index is 13.1. The minimum atomic E-state index is -0.257. The monoisotopic (exact) mass is 536 g/mol. The maximum atomic E-state index is 13.1. The maximum Gasteiger partial charge on any atom is 0.278 e. The zero-order valence-corrected chi connectivity index (χ0v) is 21.9. The van der Waals surface area contributed by atoms with Gasteiger partial charge in [-0.2, -0.15) is 0 Å². The van der Waals surface area contributed by atoms with Gasteiger partial charge >= 0.3 is 0 Å². The highest BCUT2D eigenvalue weighted by atomic mass is 32.2. The first-order chi connectivity index (χ1) is 18.6. The molecule has 0 bridgehead atoms. The SMILES string of the molecule is C=CCn1c(=O)c2cnc(SC)nc2n1-c1ccc2c(n1)N(CCC#CCOC1CCCCO1)C(=O)CO2. The molecule has 0 saturated carbocycles. The predicted octanol–water partition coefficient (Wildman–Crippen LogP) is 2.55. The number of nitrogens with zero attached hydrogens (tertiary/aromatic N) is 6. The van der Waals surface area contributed by atoms with Gasteiger partial charge in [0.05, 0.1) is 6.54 Å². The molecule has 12 heteroatoms. The van der Waals surface area contributed by atoms with Gasteiger partial charge in [0.15, 0.2) is 41.1 Å². The molecule has 3 aromatic rings. The number of fused-ring (bicyclic) bond motifs is 2. The fourth-order valence-electron chi connectivity index (χ4n) is 4.33. The minimum absolute atomic E-state index is 0.0818. The molecule has 3 aromatic heterocycles. The van der Waals surface area contributed by atoms with E-state index in [4.69, 9.17) is 19.2 Å². The van der Waals surface area contributed by atoms with Crippen LogP contribution in [0.15, 0.2) is 40.9 Å². The number of amides is 1. The summed E-state index contributed by atoms with van der Waals surface area (Å²) >= 11 is 1.37. The second-order valence-corrected chi connectivity index (χ2v) is 9.39. The number of thioether (sulfide) groups is 1. The van der Waals surface area contributed by atoms with Crippen molar-refractivity contribution < 1.29 is 19.0 Å². The lowest BCUT2D eigenvalue weighted by molar-refractivity contribution is -0.154. The summed E-state index contributed by atoms with van der Waals surface area (Å²) in [5.41, 5.74) is 0.165. The second-order valence-electron chi connectivity index (χ2n) is 8.62. The van der Waals surface area contributed by atoms with E-state index in [9.17, 15) is 9.59 Å². The molecule has 0 spiro atoms. The summed E-state index contributed by atoms with van der Waals surface area (Å²) in [5.74, 6) is 7.10. The van der Waals surface area contributed by atoms with Crippen LogP contribution in [0.25, 0.3) is 16.9 Å². The van der Waals surface area contributed by atoms with Crippen molar-refractivity contribution in [1.82, 2.24) is 24.3 Å². The van der Waals surface area contributed by atoms with E-state index in [0.717, 1.165) is 25.9 Å². The molecule has 1 saturated heterocycles. The number of carbonyl (C=O) groups excluding carboxylic acids is 1. The lowest BCUT2D eigenvalue weighted by atomic mass is 10.2. The Bertz CT molecular complexity index is 1470. The first-order valence-electron chi connectivity index (χ1n) is 12.4. The fourth-order valence-corrected chi connectivity index (χ4v) is 4.67. The second kappa shape index (κ2) is 11.8. The average Bonchev–Trinajstić information content (AvgIpc) is 3.22. The summed E-state index contributed by atoms with van der Waals surface area (Å²) in [6.45, 7) is 5.27. The number of aromatic nitrogens is 5. The van der Waals surface area contributed by atoms with Crippen LogP contribution < -0.4 is 15.2 Å². The molecular formula is C26H28N6O5S. The number of pyridine rings is 1. The van der Waals surface area contributed by atoms with Crippen molar-refractivity contribution in [2.75, 3.05) is 37.5 Å². The Labute approximate surface area is 223 Å². The molecule has 5 rings (SSSR count). The van der Waals surface area contributed by atoms with Gasteiger partial charge in [0.2, 0.25) is 0 Å². The summed E-state index contributed by atoms with van der Waals surface area (Å²) in [5, 5.41) is 0.891. The van der Waals surface area contributed by atoms with E-state index in [2.05, 4.69) is 28.4 Å². The highest BCUT2D eigenvalue weighted by molar-refractivity contribution is 7.98. The number of rotatable bonds is 8. The molecule has 2 aliphatic heterocycles. The molecular weight excluding hydrogens is 508 g/mol. The van der Waals surface area contributed by atoms with Crippen LogP contribution in [0.1, 0.15) is 25.7 Å². The summed E-state index contributed by atoms with van der Waals surface area (Å²) < 4.78 is 19.9. The van der Waals surface area contributed by atoms with Crippen molar-refractivity contribution in [2.45, 2.75) is 43.7 Å². The third-order valence-corrected chi connectivity index (χ3v) is 6.71. The van der Waals surface area contributed by atoms with Crippen molar-refractivity contribution in [2.24, 2.45) is 0 Å². The summed E-state index contributed by atoms with van der Waals surface area (Å²) in [4.78, 5) is 41.0. The van der Waals surface area contributed by atoms with Gasteiger partial charge in [-0.15, -0.1) is 6.58 Å². The topological polar surface area (TPSA) is 114 Å². The number of allylic oxidation sites excluding steroid dienone is 1. The average molecular weight is 537 g/mol. The Hall–Kier alpha value is -3.66. The zero-order chi connectivity index (χ0) is 26.5. The highest BCUT2D eigenvalue weighted by Crippen LogP contribution is 2.31. The standard InChI is InChI=1S/C26H28N6O5S/c1-3-12-31-25(34)18-16-27-26(38-2)29-23(18)32(31)20-11-10-19-24(28-20)30(21(33)17-37-19)13-6-4-7-14-35-22-9-5-8-15-36-22/h3,10-11,16,22H,1,5-6,8-9,12-15,17H2,2H3. The molecule has 1 amide bonds. The Balaban J connectivity index is 1.41. The van der Waals surface area contributed by atoms with E-state index in [-0.39, 0.29) is 37.5 Å². The van der Waals surface area contributed by atoms with Gasteiger partial charge < -0.3 is 14.2 Å². The predicted molar refractivity (Wildman–Crippen MR) is 143 cm³/mol. The smallest absolute Gasteiger partial charge is 0.278 e. The van der Waals surface area contributed by atoms with E-state index in [1.165, 1.54) is 22.6 Å². The van der Waals surface area contributed by atoms with E-state index in [1.807, 2.05) is 6.26 Å². The number of hydrogen-bond acceptors (Lipinski definition) is 9. The summed E-state index contributed by atoms with van der Waals surface area (Å²) in [6, 6.07) is 3.47. The van der Waals surface area contributed by atoms with Gasteiger partial charge in [0, 0.05) is 25.8 Å². The van der Waals surface area contributed by atoms with Gasteiger partial charge in [0.25, 0.3) is 11.5 Å². The summed E-state index contributed by atoms with van der Waals surface area (Å²) in [6.07, 6.45) is 8.30. The van der Waals surface area contributed by atoms with Crippen LogP contribution in [0.5, 0.6) is 5.75 Å². The lowest BCUT2D eigenvalue weighted by Gasteiger charge is -2.28. The van der Waals surface area contributed by atoms with Crippen LogP contribution in [-0.2, 0) is 20.8 Å². The lowest BCUT2D eigenvalue weighted by Crippen LogP contribution is -2.40. The van der Waals surface area contributed by atoms with Gasteiger partial charge in [0.1, 0.15) is 12.0 Å². The Morgan fingerprint density at radius 3 is 2.95 bits per heavy atom. The molecule has 0 N–H and O–H groups in total. The minimum Gasteiger partial charge on any atom is -0.480 e. The molecule has 0 aliphatic carbocycles. The number of anilines is 1. The number of carbonyl (C=O) groups is 1. The van der Waals surface area contributed by atoms with E-state index < -0.39 is 0 Å². The third kappa shape index (κ3) is 5.31. The number of hydrogen-bond donors (Lipinski definition) is 0. The van der Waals surface area contributed by atoms with E-state index in [1.54, 1.807) is 27.8 Å². The molecule has 38 heavy (non-hydrogen) atoms. The van der Waals surface area contributed by atoms with Crippen molar-refractivity contribution in [1.29, 1.82) is 0 Å². The normalized spacial score (nSPS) is 17.0. The molecule has 1 atom stereocenters. The van der Waals surface area contributed by atoms with Crippen molar-refractivity contribution in [3.63, 3.8) is 0 Å². The largest absolute Gasteiger partial charge is 0.480 e. The van der Waals surface area contributed by atoms with Crippen LogP contribution in [0.2, 0.25) is 0 Å². The Morgan fingerprint density at radius 2 is 2.16 bits per heavy atom. The molecule has 1 unspecified atom stereocenters. The van der Waals surface area contributed by atoms with Gasteiger partial charge in [-0.3, -0.25) is 14.5 Å². The zero-order valence-electron chi connectivity index (χ0n) is 21.1. The third-order valence-electron chi connectivity index (χ3n) is 6.15. The Morgan fingerprint density at radius 1 is 1.26 bits per heavy atom. The molecule has 2 aliphatic rings. The van der Waals surface area contributed by atoms with Gasteiger partial charge in [-0.05, 0) is 37.7 Å². The van der Waals surface area contributed by atoms with Crippen LogP contribution in [-0.4, -0.2) is 69.1 Å². The molecule has 0 aromatic carbocycles. The molecule has 5 heterocycles. The molecule has 1 fully saturated rings. The molecule has 198 valence electrons. The number of ether oxygens (including phenoxy) is 3. The quantitative estimate of drug-likeness (QED) is 0.185. The van der Waals surface area contributed by atoms with Crippen molar-refractivity contribution >= 4 is 34.5 Å². The van der Waals surface area contributed by atoms with Crippen LogP contribution in [0.3, 0.4) is 0 Å². The van der Waals surface area contributed by atoms with Crippen LogP contribution >= 0.6 is 11.8 Å². The van der Waals surface area contributed by atoms with Gasteiger partial charge in [-0.1, -0.05) is 29.7 Å².